The number of hydrogen-bond donors (Lipinski definition) is 3. The van der Waals surface area contributed by atoms with Crippen LogP contribution in [0.4, 0.5) is 11.4 Å². The smallest absolute Gasteiger partial charge is 0.253 e. The van der Waals surface area contributed by atoms with Crippen LogP contribution in [-0.4, -0.2) is 37.3 Å². The second-order valence-corrected chi connectivity index (χ2v) is 5.20. The van der Waals surface area contributed by atoms with Crippen LogP contribution in [0.25, 0.3) is 0 Å². The van der Waals surface area contributed by atoms with Crippen molar-refractivity contribution in [3.05, 3.63) is 23.8 Å². The number of aliphatic hydroxyl groups excluding tert-OH is 1. The van der Waals surface area contributed by atoms with Gasteiger partial charge in [0.1, 0.15) is 0 Å². The van der Waals surface area contributed by atoms with Crippen molar-refractivity contribution in [1.29, 1.82) is 0 Å². The summed E-state index contributed by atoms with van der Waals surface area (Å²) in [4.78, 5) is 14.2. The second kappa shape index (κ2) is 5.93. The fourth-order valence-electron chi connectivity index (χ4n) is 1.71. The van der Waals surface area contributed by atoms with Gasteiger partial charge < -0.3 is 21.1 Å². The number of nitrogens with zero attached hydrogens (tertiary/aromatic N) is 1. The number of aliphatic hydroxyl groups is 1. The largest absolute Gasteiger partial charge is 0.399 e. The van der Waals surface area contributed by atoms with Crippen molar-refractivity contribution >= 4 is 17.3 Å². The van der Waals surface area contributed by atoms with E-state index < -0.39 is 5.54 Å². The van der Waals surface area contributed by atoms with Crippen LogP contribution in [0.5, 0.6) is 0 Å². The van der Waals surface area contributed by atoms with E-state index in [4.69, 9.17) is 5.73 Å². The van der Waals surface area contributed by atoms with Gasteiger partial charge in [-0.25, -0.2) is 0 Å². The zero-order chi connectivity index (χ0) is 14.6. The van der Waals surface area contributed by atoms with E-state index in [2.05, 4.69) is 5.32 Å². The molecule has 19 heavy (non-hydrogen) atoms. The molecule has 0 bridgehead atoms. The molecule has 1 aromatic carbocycles. The van der Waals surface area contributed by atoms with Crippen molar-refractivity contribution in [3.63, 3.8) is 0 Å². The molecule has 1 amide bonds. The maximum atomic E-state index is 12.4. The SMILES string of the molecule is CCC(C)(CO)NC(=O)c1cc(N)ccc1N(C)C. The monoisotopic (exact) mass is 265 g/mol. The zero-order valence-electron chi connectivity index (χ0n) is 12.0. The number of anilines is 2. The molecule has 5 nitrogen and oxygen atoms in total. The normalized spacial score (nSPS) is 13.7. The first kappa shape index (κ1) is 15.3. The number of nitrogen functional groups attached to an aromatic ring is 1. The highest BCUT2D eigenvalue weighted by Crippen LogP contribution is 2.22. The average Bonchev–Trinajstić information content (AvgIpc) is 2.38. The Kier molecular flexibility index (Phi) is 4.78. The number of carbonyl (C=O) groups is 1. The van der Waals surface area contributed by atoms with Crippen molar-refractivity contribution in [2.75, 3.05) is 31.3 Å². The summed E-state index contributed by atoms with van der Waals surface area (Å²) in [5.41, 5.74) is 6.97. The number of nitrogens with one attached hydrogen (secondary N) is 1. The number of hydrogen-bond acceptors (Lipinski definition) is 4. The number of amides is 1. The molecule has 0 saturated heterocycles. The Bertz CT molecular complexity index is 454. The lowest BCUT2D eigenvalue weighted by Crippen LogP contribution is -2.48. The van der Waals surface area contributed by atoms with Gasteiger partial charge >= 0.3 is 0 Å². The van der Waals surface area contributed by atoms with Crippen molar-refractivity contribution in [3.8, 4) is 0 Å². The van der Waals surface area contributed by atoms with Gasteiger partial charge in [-0.1, -0.05) is 6.92 Å². The van der Waals surface area contributed by atoms with Gasteiger partial charge in [-0.2, -0.15) is 0 Å². The van der Waals surface area contributed by atoms with Gasteiger partial charge in [0.2, 0.25) is 0 Å². The van der Waals surface area contributed by atoms with Crippen molar-refractivity contribution in [2.45, 2.75) is 25.8 Å². The molecule has 0 heterocycles. The van der Waals surface area contributed by atoms with Crippen LogP contribution >= 0.6 is 0 Å². The molecule has 0 aromatic heterocycles. The summed E-state index contributed by atoms with van der Waals surface area (Å²) in [6, 6.07) is 5.22. The lowest BCUT2D eigenvalue weighted by molar-refractivity contribution is 0.0848. The molecule has 4 N–H and O–H groups in total. The molecule has 1 rings (SSSR count). The Morgan fingerprint density at radius 1 is 1.47 bits per heavy atom. The molecule has 106 valence electrons. The minimum absolute atomic E-state index is 0.102. The number of carbonyl (C=O) groups excluding carboxylic acids is 1. The van der Waals surface area contributed by atoms with Gasteiger partial charge in [0, 0.05) is 25.5 Å². The van der Waals surface area contributed by atoms with Crippen LogP contribution in [0, 0.1) is 0 Å². The first-order chi connectivity index (χ1) is 8.83. The van der Waals surface area contributed by atoms with Gasteiger partial charge in [0.25, 0.3) is 5.91 Å². The van der Waals surface area contributed by atoms with Crippen LogP contribution in [0.15, 0.2) is 18.2 Å². The van der Waals surface area contributed by atoms with E-state index in [1.165, 1.54) is 0 Å². The fraction of sp³-hybridized carbons (Fsp3) is 0.500. The topological polar surface area (TPSA) is 78.6 Å². The summed E-state index contributed by atoms with van der Waals surface area (Å²) in [6.07, 6.45) is 0.648. The second-order valence-electron chi connectivity index (χ2n) is 5.20. The molecule has 0 aliphatic rings. The molecule has 1 aromatic rings. The molecule has 0 aliphatic carbocycles. The molecular formula is C14H23N3O2. The van der Waals surface area contributed by atoms with Crippen molar-refractivity contribution < 1.29 is 9.90 Å². The molecular weight excluding hydrogens is 242 g/mol. The third-order valence-corrected chi connectivity index (χ3v) is 3.29. The molecule has 5 heteroatoms. The van der Waals surface area contributed by atoms with E-state index in [0.29, 0.717) is 17.7 Å². The highest BCUT2D eigenvalue weighted by molar-refractivity contribution is 6.01. The summed E-state index contributed by atoms with van der Waals surface area (Å²) in [5, 5.41) is 12.2. The van der Waals surface area contributed by atoms with Gasteiger partial charge in [-0.05, 0) is 31.5 Å². The van der Waals surface area contributed by atoms with Crippen LogP contribution in [-0.2, 0) is 0 Å². The number of rotatable bonds is 5. The lowest BCUT2D eigenvalue weighted by atomic mass is 9.99. The Morgan fingerprint density at radius 2 is 2.11 bits per heavy atom. The first-order valence-corrected chi connectivity index (χ1v) is 6.33. The van der Waals surface area contributed by atoms with Gasteiger partial charge in [0.15, 0.2) is 0 Å². The van der Waals surface area contributed by atoms with E-state index in [1.807, 2.05) is 38.9 Å². The number of nitrogens with two attached hydrogens (primary N) is 1. The van der Waals surface area contributed by atoms with Gasteiger partial charge in [-0.15, -0.1) is 0 Å². The Morgan fingerprint density at radius 3 is 2.58 bits per heavy atom. The molecule has 1 atom stereocenters. The van der Waals surface area contributed by atoms with E-state index in [-0.39, 0.29) is 12.5 Å². The standard InChI is InChI=1S/C14H23N3O2/c1-5-14(2,9-18)16-13(19)11-8-10(15)6-7-12(11)17(3)4/h6-8,18H,5,9,15H2,1-4H3,(H,16,19). The summed E-state index contributed by atoms with van der Waals surface area (Å²) in [6.45, 7) is 3.63. The van der Waals surface area contributed by atoms with Gasteiger partial charge in [0.05, 0.1) is 17.7 Å². The molecule has 1 unspecified atom stereocenters. The minimum Gasteiger partial charge on any atom is -0.399 e. The molecule has 0 spiro atoms. The average molecular weight is 265 g/mol. The molecule has 0 aliphatic heterocycles. The van der Waals surface area contributed by atoms with Crippen LogP contribution < -0.4 is 16.0 Å². The van der Waals surface area contributed by atoms with Crippen LogP contribution in [0.1, 0.15) is 30.6 Å². The Hall–Kier alpha value is -1.75. The maximum Gasteiger partial charge on any atom is 0.253 e. The highest BCUT2D eigenvalue weighted by atomic mass is 16.3. The summed E-state index contributed by atoms with van der Waals surface area (Å²) >= 11 is 0. The molecule has 0 radical (unpaired) electrons. The first-order valence-electron chi connectivity index (χ1n) is 6.33. The Balaban J connectivity index is 3.08. The van der Waals surface area contributed by atoms with E-state index in [0.717, 1.165) is 5.69 Å². The molecule has 0 saturated carbocycles. The third-order valence-electron chi connectivity index (χ3n) is 3.29. The third kappa shape index (κ3) is 3.61. The maximum absolute atomic E-state index is 12.4. The predicted molar refractivity (Wildman–Crippen MR) is 78.4 cm³/mol. The van der Waals surface area contributed by atoms with Crippen LogP contribution in [0.2, 0.25) is 0 Å². The highest BCUT2D eigenvalue weighted by Gasteiger charge is 2.25. The van der Waals surface area contributed by atoms with E-state index >= 15 is 0 Å². The zero-order valence-corrected chi connectivity index (χ0v) is 12.0. The van der Waals surface area contributed by atoms with E-state index in [9.17, 15) is 9.90 Å². The fourth-order valence-corrected chi connectivity index (χ4v) is 1.71. The summed E-state index contributed by atoms with van der Waals surface area (Å²) in [7, 11) is 3.74. The van der Waals surface area contributed by atoms with Crippen molar-refractivity contribution in [2.24, 2.45) is 0 Å². The number of benzene rings is 1. The Labute approximate surface area is 114 Å². The predicted octanol–water partition coefficient (Wildman–Crippen LogP) is 1.23. The van der Waals surface area contributed by atoms with Crippen molar-refractivity contribution in [1.82, 2.24) is 5.32 Å². The molecule has 0 fully saturated rings. The summed E-state index contributed by atoms with van der Waals surface area (Å²) in [5.74, 6) is -0.227. The van der Waals surface area contributed by atoms with Gasteiger partial charge in [-0.3, -0.25) is 4.79 Å². The van der Waals surface area contributed by atoms with E-state index in [1.54, 1.807) is 12.1 Å². The minimum atomic E-state index is -0.620. The summed E-state index contributed by atoms with van der Waals surface area (Å²) < 4.78 is 0. The van der Waals surface area contributed by atoms with Crippen LogP contribution in [0.3, 0.4) is 0 Å². The lowest BCUT2D eigenvalue weighted by Gasteiger charge is -2.28. The quantitative estimate of drug-likeness (QED) is 0.700.